The van der Waals surface area contributed by atoms with Crippen LogP contribution >= 0.6 is 12.4 Å². The normalized spacial score (nSPS) is 8.12. The molecule has 1 aromatic rings. The van der Waals surface area contributed by atoms with Crippen LogP contribution in [0.5, 0.6) is 0 Å². The first-order valence-electron chi connectivity index (χ1n) is 2.01. The van der Waals surface area contributed by atoms with E-state index in [-0.39, 0.29) is 18.0 Å². The summed E-state index contributed by atoms with van der Waals surface area (Å²) in [5.41, 5.74) is 0.000000000000000222. The molecule has 0 spiro atoms. The van der Waals surface area contributed by atoms with E-state index in [0.29, 0.717) is 0 Å². The molecule has 0 aromatic carbocycles. The van der Waals surface area contributed by atoms with Crippen LogP contribution in [0, 0.1) is 0 Å². The Hall–Kier alpha value is -0.700. The number of hydrogen-bond donors (Lipinski definition) is 1. The minimum Gasteiger partial charge on any atom is -0.303 e. The number of aromatic amines is 1. The maximum absolute atomic E-state index is 10.4. The van der Waals surface area contributed by atoms with Gasteiger partial charge >= 0.3 is 0 Å². The zero-order chi connectivity index (χ0) is 5.28. The summed E-state index contributed by atoms with van der Waals surface area (Å²) in [4.78, 5) is 10.4. The van der Waals surface area contributed by atoms with Crippen molar-refractivity contribution in [3.8, 4) is 0 Å². The minimum atomic E-state index is 0. The summed E-state index contributed by atoms with van der Waals surface area (Å²) in [6.07, 6.45) is 1.60. The summed E-state index contributed by atoms with van der Waals surface area (Å²) < 4.78 is 1.40. The van der Waals surface area contributed by atoms with E-state index in [1.54, 1.807) is 13.2 Å². The van der Waals surface area contributed by atoms with E-state index in [9.17, 15) is 4.79 Å². The second-order valence-corrected chi connectivity index (χ2v) is 1.36. The fourth-order valence-corrected chi connectivity index (χ4v) is 0.396. The van der Waals surface area contributed by atoms with Crippen molar-refractivity contribution in [3.63, 3.8) is 0 Å². The lowest BCUT2D eigenvalue weighted by molar-refractivity contribution is 0.740. The molecule has 0 fully saturated rings. The number of aryl methyl sites for hydroxylation is 1. The molecular weight excluding hydrogens is 128 g/mol. The van der Waals surface area contributed by atoms with Gasteiger partial charge in [-0.15, -0.1) is 12.4 Å². The van der Waals surface area contributed by atoms with Gasteiger partial charge in [-0.05, 0) is 0 Å². The third-order valence-corrected chi connectivity index (χ3v) is 0.825. The van der Waals surface area contributed by atoms with Crippen LogP contribution in [0.4, 0.5) is 0 Å². The van der Waals surface area contributed by atoms with Crippen molar-refractivity contribution in [2.75, 3.05) is 0 Å². The number of H-pyrrole nitrogens is 1. The first-order valence-corrected chi connectivity index (χ1v) is 2.01. The van der Waals surface area contributed by atoms with Crippen LogP contribution in [-0.4, -0.2) is 9.78 Å². The van der Waals surface area contributed by atoms with E-state index >= 15 is 0 Å². The molecule has 3 nitrogen and oxygen atoms in total. The molecule has 46 valence electrons. The molecule has 0 aliphatic carbocycles. The van der Waals surface area contributed by atoms with Gasteiger partial charge in [0.15, 0.2) is 0 Å². The average Bonchev–Trinajstić information content (AvgIpc) is 1.91. The molecule has 0 amide bonds. The number of aromatic nitrogens is 2. The molecule has 4 heteroatoms. The third-order valence-electron chi connectivity index (χ3n) is 0.825. The lowest BCUT2D eigenvalue weighted by atomic mass is 10.7. The van der Waals surface area contributed by atoms with E-state index in [0.717, 1.165) is 0 Å². The van der Waals surface area contributed by atoms with Gasteiger partial charge in [-0.3, -0.25) is 9.48 Å². The molecule has 0 atom stereocenters. The van der Waals surface area contributed by atoms with E-state index in [2.05, 4.69) is 5.10 Å². The maximum Gasteiger partial charge on any atom is 0.266 e. The largest absolute Gasteiger partial charge is 0.303 e. The van der Waals surface area contributed by atoms with Crippen molar-refractivity contribution < 1.29 is 0 Å². The highest BCUT2D eigenvalue weighted by Crippen LogP contribution is 1.62. The molecule has 1 rings (SSSR count). The van der Waals surface area contributed by atoms with Crippen molar-refractivity contribution in [2.24, 2.45) is 7.05 Å². The Labute approximate surface area is 52.7 Å². The lowest BCUT2D eigenvalue weighted by Gasteiger charge is -1.79. The van der Waals surface area contributed by atoms with Crippen LogP contribution in [0.1, 0.15) is 0 Å². The molecule has 8 heavy (non-hydrogen) atoms. The van der Waals surface area contributed by atoms with Gasteiger partial charge in [-0.2, -0.15) is 0 Å². The Morgan fingerprint density at radius 2 is 2.38 bits per heavy atom. The van der Waals surface area contributed by atoms with Crippen LogP contribution in [0.25, 0.3) is 0 Å². The summed E-state index contributed by atoms with van der Waals surface area (Å²) in [7, 11) is 1.67. The molecule has 0 aliphatic heterocycles. The average molecular weight is 135 g/mol. The Morgan fingerprint density at radius 3 is 2.50 bits per heavy atom. The Morgan fingerprint density at radius 1 is 1.75 bits per heavy atom. The van der Waals surface area contributed by atoms with Gasteiger partial charge in [-0.25, -0.2) is 0 Å². The lowest BCUT2D eigenvalue weighted by Crippen LogP contribution is -2.09. The first kappa shape index (κ1) is 7.30. The van der Waals surface area contributed by atoms with E-state index in [4.69, 9.17) is 0 Å². The van der Waals surface area contributed by atoms with Crippen molar-refractivity contribution in [2.45, 2.75) is 0 Å². The molecule has 0 unspecified atom stereocenters. The van der Waals surface area contributed by atoms with Crippen molar-refractivity contribution in [1.29, 1.82) is 0 Å². The van der Waals surface area contributed by atoms with Gasteiger partial charge in [0.1, 0.15) is 0 Å². The molecule has 0 saturated heterocycles. The van der Waals surface area contributed by atoms with Crippen LogP contribution in [-0.2, 0) is 7.05 Å². The second kappa shape index (κ2) is 2.57. The van der Waals surface area contributed by atoms with Crippen LogP contribution in [0.2, 0.25) is 0 Å². The summed E-state index contributed by atoms with van der Waals surface area (Å²) in [5, 5.41) is 2.67. The van der Waals surface area contributed by atoms with Crippen molar-refractivity contribution in [1.82, 2.24) is 9.78 Å². The number of hydrogen-bond acceptors (Lipinski definition) is 1. The first-order chi connectivity index (χ1) is 3.30. The fraction of sp³-hybridized carbons (Fsp3) is 0.250. The summed E-state index contributed by atoms with van der Waals surface area (Å²) in [6, 6.07) is 1.47. The van der Waals surface area contributed by atoms with Gasteiger partial charge in [0, 0.05) is 19.3 Å². The number of rotatable bonds is 0. The number of nitrogens with one attached hydrogen (secondary N) is 1. The van der Waals surface area contributed by atoms with Crippen molar-refractivity contribution >= 4 is 12.4 Å². The van der Waals surface area contributed by atoms with Crippen LogP contribution in [0.3, 0.4) is 0 Å². The third kappa shape index (κ3) is 1.13. The Balaban J connectivity index is 0.000000490. The standard InChI is InChI=1S/C4H6N2O.ClH/c1-6-4(7)2-3-5-6;/h2-3,5H,1H3;1H. The molecule has 0 radical (unpaired) electrons. The molecular formula is C4H7ClN2O. The van der Waals surface area contributed by atoms with Crippen LogP contribution < -0.4 is 5.56 Å². The van der Waals surface area contributed by atoms with Gasteiger partial charge in [0.25, 0.3) is 5.56 Å². The van der Waals surface area contributed by atoms with E-state index in [1.807, 2.05) is 0 Å². The second-order valence-electron chi connectivity index (χ2n) is 1.36. The number of halogens is 1. The topological polar surface area (TPSA) is 37.8 Å². The van der Waals surface area contributed by atoms with Crippen LogP contribution in [0.15, 0.2) is 17.1 Å². The molecule has 1 heterocycles. The zero-order valence-corrected chi connectivity index (χ0v) is 5.23. The molecule has 1 aromatic heterocycles. The van der Waals surface area contributed by atoms with Gasteiger partial charge in [-0.1, -0.05) is 0 Å². The number of nitrogens with zero attached hydrogens (tertiary/aromatic N) is 1. The minimum absolute atomic E-state index is 0. The van der Waals surface area contributed by atoms with Crippen molar-refractivity contribution in [3.05, 3.63) is 22.6 Å². The fourth-order valence-electron chi connectivity index (χ4n) is 0.396. The van der Waals surface area contributed by atoms with E-state index < -0.39 is 0 Å². The van der Waals surface area contributed by atoms with Gasteiger partial charge in [0.05, 0.1) is 0 Å². The maximum atomic E-state index is 10.4. The SMILES string of the molecule is Cl.Cn1[nH]ccc1=O. The Kier molecular flexibility index (Phi) is 2.34. The summed E-state index contributed by atoms with van der Waals surface area (Å²) in [6.45, 7) is 0. The molecule has 0 bridgehead atoms. The summed E-state index contributed by atoms with van der Waals surface area (Å²) in [5.74, 6) is 0. The highest BCUT2D eigenvalue weighted by molar-refractivity contribution is 5.85. The highest BCUT2D eigenvalue weighted by atomic mass is 35.5. The van der Waals surface area contributed by atoms with Gasteiger partial charge in [0.2, 0.25) is 0 Å². The predicted octanol–water partition coefficient (Wildman–Crippen LogP) is 0.135. The molecule has 0 saturated carbocycles. The quantitative estimate of drug-likeness (QED) is 0.539. The molecule has 0 aliphatic rings. The Bertz CT molecular complexity index is 202. The molecule has 1 N–H and O–H groups in total. The van der Waals surface area contributed by atoms with E-state index in [1.165, 1.54) is 10.7 Å². The smallest absolute Gasteiger partial charge is 0.266 e. The monoisotopic (exact) mass is 134 g/mol. The highest BCUT2D eigenvalue weighted by Gasteiger charge is 1.80. The zero-order valence-electron chi connectivity index (χ0n) is 4.42. The summed E-state index contributed by atoms with van der Waals surface area (Å²) >= 11 is 0. The predicted molar refractivity (Wildman–Crippen MR) is 33.3 cm³/mol. The van der Waals surface area contributed by atoms with Gasteiger partial charge < -0.3 is 5.10 Å².